The molecule has 148 valence electrons. The van der Waals surface area contributed by atoms with Crippen LogP contribution in [0.2, 0.25) is 0 Å². The van der Waals surface area contributed by atoms with Crippen LogP contribution in [0.3, 0.4) is 0 Å². The van der Waals surface area contributed by atoms with E-state index in [0.717, 1.165) is 28.1 Å². The van der Waals surface area contributed by atoms with Crippen molar-refractivity contribution in [1.82, 2.24) is 19.8 Å². The summed E-state index contributed by atoms with van der Waals surface area (Å²) < 4.78 is 1.58. The highest BCUT2D eigenvalue weighted by molar-refractivity contribution is 7.18. The molecule has 2 aromatic heterocycles. The molecule has 0 saturated carbocycles. The zero-order valence-corrected chi connectivity index (χ0v) is 17.7. The van der Waals surface area contributed by atoms with Gasteiger partial charge in [-0.3, -0.25) is 14.2 Å². The van der Waals surface area contributed by atoms with Gasteiger partial charge in [-0.05, 0) is 45.1 Å². The summed E-state index contributed by atoms with van der Waals surface area (Å²) in [6, 6.07) is 1.45. The van der Waals surface area contributed by atoms with Crippen molar-refractivity contribution in [3.8, 4) is 0 Å². The zero-order valence-electron chi connectivity index (χ0n) is 16.0. The van der Waals surface area contributed by atoms with Gasteiger partial charge in [0.25, 0.3) is 5.56 Å². The molecule has 8 heteroatoms. The van der Waals surface area contributed by atoms with Gasteiger partial charge >= 0.3 is 0 Å². The number of thiophene rings is 1. The van der Waals surface area contributed by atoms with Crippen molar-refractivity contribution in [2.45, 2.75) is 70.6 Å². The third kappa shape index (κ3) is 3.77. The van der Waals surface area contributed by atoms with Crippen LogP contribution < -0.4 is 10.9 Å². The Balaban J connectivity index is 0.00000210. The van der Waals surface area contributed by atoms with Gasteiger partial charge in [0.15, 0.2) is 0 Å². The van der Waals surface area contributed by atoms with Crippen LogP contribution in [0, 0.1) is 13.8 Å². The van der Waals surface area contributed by atoms with Crippen molar-refractivity contribution in [1.29, 1.82) is 0 Å². The number of amides is 1. The third-order valence-electron chi connectivity index (χ3n) is 6.11. The number of aromatic nitrogens is 2. The summed E-state index contributed by atoms with van der Waals surface area (Å²) in [4.78, 5) is 33.6. The topological polar surface area (TPSA) is 67.2 Å². The Hall–Kier alpha value is -1.44. The second kappa shape index (κ2) is 7.89. The minimum Gasteiger partial charge on any atom is -0.343 e. The summed E-state index contributed by atoms with van der Waals surface area (Å²) in [5.74, 6) is 0.113. The Morgan fingerprint density at radius 1 is 1.33 bits per heavy atom. The van der Waals surface area contributed by atoms with Crippen molar-refractivity contribution in [2.75, 3.05) is 7.05 Å². The molecule has 2 atom stereocenters. The maximum atomic E-state index is 12.7. The van der Waals surface area contributed by atoms with E-state index in [1.807, 2.05) is 25.8 Å². The van der Waals surface area contributed by atoms with Crippen molar-refractivity contribution in [2.24, 2.45) is 0 Å². The standard InChI is InChI=1S/C19H26N4O2S.ClH/c1-11-12(2)26-18-17(11)19(25)23(10-20-18)7-6-16(24)22(3)15-8-13-4-5-14(9-15)21-13;/h10,13-15,21H,4-9H2,1-3H3;1H. The average molecular weight is 411 g/mol. The minimum absolute atomic E-state index is 0. The van der Waals surface area contributed by atoms with Gasteiger partial charge < -0.3 is 10.2 Å². The summed E-state index contributed by atoms with van der Waals surface area (Å²) >= 11 is 1.55. The van der Waals surface area contributed by atoms with Crippen molar-refractivity contribution in [3.63, 3.8) is 0 Å². The summed E-state index contributed by atoms with van der Waals surface area (Å²) in [6.07, 6.45) is 6.45. The molecule has 4 heterocycles. The van der Waals surface area contributed by atoms with Gasteiger partial charge in [0.05, 0.1) is 11.7 Å². The van der Waals surface area contributed by atoms with Crippen LogP contribution in [-0.2, 0) is 11.3 Å². The monoisotopic (exact) mass is 410 g/mol. The number of hydrogen-bond acceptors (Lipinski definition) is 5. The van der Waals surface area contributed by atoms with E-state index in [2.05, 4.69) is 10.3 Å². The van der Waals surface area contributed by atoms with Gasteiger partial charge in [0, 0.05) is 43.0 Å². The molecule has 2 aliphatic rings. The summed E-state index contributed by atoms with van der Waals surface area (Å²) in [5.41, 5.74) is 0.970. The first kappa shape index (κ1) is 20.3. The highest BCUT2D eigenvalue weighted by atomic mass is 35.5. The van der Waals surface area contributed by atoms with Crippen LogP contribution in [0.4, 0.5) is 0 Å². The molecule has 1 amide bonds. The smallest absolute Gasteiger partial charge is 0.262 e. The second-order valence-corrected chi connectivity index (χ2v) is 8.93. The molecule has 0 aliphatic carbocycles. The van der Waals surface area contributed by atoms with E-state index in [0.29, 0.717) is 36.5 Å². The Bertz CT molecular complexity index is 897. The first-order chi connectivity index (χ1) is 12.4. The molecule has 1 N–H and O–H groups in total. The molecule has 2 unspecified atom stereocenters. The largest absolute Gasteiger partial charge is 0.343 e. The Morgan fingerprint density at radius 3 is 2.67 bits per heavy atom. The number of piperidine rings is 1. The average Bonchev–Trinajstić information content (AvgIpc) is 3.12. The molecule has 0 radical (unpaired) electrons. The van der Waals surface area contributed by atoms with Gasteiger partial charge in [-0.1, -0.05) is 0 Å². The molecule has 2 saturated heterocycles. The van der Waals surface area contributed by atoms with Gasteiger partial charge in [-0.25, -0.2) is 4.98 Å². The number of nitrogens with zero attached hydrogens (tertiary/aromatic N) is 3. The first-order valence-corrected chi connectivity index (χ1v) is 10.2. The van der Waals surface area contributed by atoms with E-state index in [-0.39, 0.29) is 23.9 Å². The van der Waals surface area contributed by atoms with E-state index < -0.39 is 0 Å². The highest BCUT2D eigenvalue weighted by Crippen LogP contribution is 2.29. The van der Waals surface area contributed by atoms with Crippen LogP contribution in [0.25, 0.3) is 10.2 Å². The van der Waals surface area contributed by atoms with Crippen LogP contribution in [0.5, 0.6) is 0 Å². The Labute approximate surface area is 169 Å². The maximum Gasteiger partial charge on any atom is 0.262 e. The number of hydrogen-bond donors (Lipinski definition) is 1. The number of carbonyl (C=O) groups is 1. The fraction of sp³-hybridized carbons (Fsp3) is 0.632. The third-order valence-corrected chi connectivity index (χ3v) is 7.23. The molecule has 6 nitrogen and oxygen atoms in total. The number of rotatable bonds is 4. The first-order valence-electron chi connectivity index (χ1n) is 9.41. The lowest BCUT2D eigenvalue weighted by molar-refractivity contribution is -0.132. The lowest BCUT2D eigenvalue weighted by Crippen LogP contribution is -2.48. The van der Waals surface area contributed by atoms with Crippen molar-refractivity contribution < 1.29 is 4.79 Å². The maximum absolute atomic E-state index is 12.7. The molecule has 2 bridgehead atoms. The number of aryl methyl sites for hydroxylation is 3. The van der Waals surface area contributed by atoms with E-state index in [1.54, 1.807) is 22.2 Å². The van der Waals surface area contributed by atoms with Gasteiger partial charge in [-0.15, -0.1) is 23.7 Å². The number of nitrogens with one attached hydrogen (secondary N) is 1. The molecule has 2 aliphatic heterocycles. The zero-order chi connectivity index (χ0) is 18.4. The van der Waals surface area contributed by atoms with Crippen molar-refractivity contribution >= 4 is 39.9 Å². The Morgan fingerprint density at radius 2 is 2.00 bits per heavy atom. The molecule has 27 heavy (non-hydrogen) atoms. The van der Waals surface area contributed by atoms with Gasteiger partial charge in [0.1, 0.15) is 4.83 Å². The van der Waals surface area contributed by atoms with Crippen LogP contribution >= 0.6 is 23.7 Å². The van der Waals surface area contributed by atoms with Crippen molar-refractivity contribution in [3.05, 3.63) is 27.1 Å². The lowest BCUT2D eigenvalue weighted by Gasteiger charge is -2.35. The van der Waals surface area contributed by atoms with Gasteiger partial charge in [-0.2, -0.15) is 0 Å². The van der Waals surface area contributed by atoms with E-state index in [9.17, 15) is 9.59 Å². The fourth-order valence-corrected chi connectivity index (χ4v) is 5.36. The molecular weight excluding hydrogens is 384 g/mol. The van der Waals surface area contributed by atoms with Crippen LogP contribution in [0.15, 0.2) is 11.1 Å². The minimum atomic E-state index is -0.0350. The number of halogens is 1. The van der Waals surface area contributed by atoms with E-state index in [1.165, 1.54) is 12.8 Å². The number of carbonyl (C=O) groups excluding carboxylic acids is 1. The molecule has 2 aromatic rings. The Kier molecular flexibility index (Phi) is 5.93. The SMILES string of the molecule is Cc1sc2ncn(CCC(=O)N(C)C3CC4CCC(C3)N4)c(=O)c2c1C.Cl. The predicted molar refractivity (Wildman–Crippen MR) is 111 cm³/mol. The highest BCUT2D eigenvalue weighted by Gasteiger charge is 2.36. The summed E-state index contributed by atoms with van der Waals surface area (Å²) in [5, 5.41) is 4.31. The number of fused-ring (bicyclic) bond motifs is 3. The molecule has 0 spiro atoms. The quantitative estimate of drug-likeness (QED) is 0.841. The summed E-state index contributed by atoms with van der Waals surface area (Å²) in [7, 11) is 1.91. The van der Waals surface area contributed by atoms with Crippen LogP contribution in [-0.4, -0.2) is 45.5 Å². The predicted octanol–water partition coefficient (Wildman–Crippen LogP) is 2.63. The fourth-order valence-electron chi connectivity index (χ4n) is 4.37. The molecule has 2 fully saturated rings. The van der Waals surface area contributed by atoms with Crippen LogP contribution in [0.1, 0.15) is 42.5 Å². The lowest BCUT2D eigenvalue weighted by atomic mass is 9.98. The molecule has 4 rings (SSSR count). The normalized spacial score (nSPS) is 24.0. The van der Waals surface area contributed by atoms with E-state index >= 15 is 0 Å². The molecular formula is C19H27ClN4O2S. The second-order valence-electron chi connectivity index (χ2n) is 7.72. The van der Waals surface area contributed by atoms with Gasteiger partial charge in [0.2, 0.25) is 5.91 Å². The molecule has 0 aromatic carbocycles. The summed E-state index contributed by atoms with van der Waals surface area (Å²) in [6.45, 7) is 4.36. The van der Waals surface area contributed by atoms with E-state index in [4.69, 9.17) is 0 Å².